The molecule has 1 aromatic carbocycles. The van der Waals surface area contributed by atoms with Crippen LogP contribution in [0.5, 0.6) is 5.88 Å². The molecule has 0 unspecified atom stereocenters. The van der Waals surface area contributed by atoms with Crippen LogP contribution in [0.4, 0.5) is 13.2 Å². The number of rotatable bonds is 3. The number of halogens is 3. The van der Waals surface area contributed by atoms with E-state index in [1.807, 2.05) is 11.9 Å². The summed E-state index contributed by atoms with van der Waals surface area (Å²) in [6.45, 7) is 2.80. The molecule has 3 aromatic rings. The van der Waals surface area contributed by atoms with E-state index in [2.05, 4.69) is 15.0 Å². The topological polar surface area (TPSA) is 56.9 Å². The van der Waals surface area contributed by atoms with Gasteiger partial charge in [0.25, 0.3) is 0 Å². The average molecular weight is 383 g/mol. The Bertz CT molecular complexity index is 928. The summed E-state index contributed by atoms with van der Waals surface area (Å²) in [5, 5.41) is 14.5. The van der Waals surface area contributed by atoms with Crippen molar-refractivity contribution < 1.29 is 18.3 Å². The molecule has 1 aliphatic rings. The molecule has 0 aliphatic carbocycles. The van der Waals surface area contributed by atoms with E-state index >= 15 is 0 Å². The number of aromatic hydroxyl groups is 1. The average Bonchev–Trinajstić information content (AvgIpc) is 3.18. The summed E-state index contributed by atoms with van der Waals surface area (Å²) in [6, 6.07) is 1.34. The number of nitrogens with zero attached hydrogens (tertiary/aromatic N) is 5. The highest BCUT2D eigenvalue weighted by Gasteiger charge is 2.32. The largest absolute Gasteiger partial charge is 0.492 e. The van der Waals surface area contributed by atoms with Gasteiger partial charge in [-0.2, -0.15) is 9.61 Å². The van der Waals surface area contributed by atoms with E-state index in [4.69, 9.17) is 0 Å². The zero-order chi connectivity index (χ0) is 18.4. The van der Waals surface area contributed by atoms with Gasteiger partial charge in [0.05, 0.1) is 10.9 Å². The molecule has 2 aromatic heterocycles. The van der Waals surface area contributed by atoms with Crippen molar-refractivity contribution >= 4 is 16.3 Å². The van der Waals surface area contributed by atoms with Gasteiger partial charge in [-0.1, -0.05) is 11.3 Å². The summed E-state index contributed by atoms with van der Waals surface area (Å²) < 4.78 is 42.4. The number of fused-ring (bicyclic) bond motifs is 1. The van der Waals surface area contributed by atoms with E-state index in [0.717, 1.165) is 25.2 Å². The molecule has 1 N–H and O–H groups in total. The lowest BCUT2D eigenvalue weighted by Gasteiger charge is -2.37. The maximum atomic E-state index is 13.9. The van der Waals surface area contributed by atoms with Crippen LogP contribution in [0.15, 0.2) is 18.5 Å². The Morgan fingerprint density at radius 1 is 1.12 bits per heavy atom. The highest BCUT2D eigenvalue weighted by Crippen LogP contribution is 2.40. The lowest BCUT2D eigenvalue weighted by Crippen LogP contribution is -2.46. The van der Waals surface area contributed by atoms with Crippen LogP contribution in [-0.4, -0.2) is 62.7 Å². The van der Waals surface area contributed by atoms with Gasteiger partial charge in [-0.15, -0.1) is 0 Å². The van der Waals surface area contributed by atoms with Gasteiger partial charge in [0.15, 0.2) is 17.5 Å². The lowest BCUT2D eigenvalue weighted by atomic mass is 10.0. The van der Waals surface area contributed by atoms with Crippen LogP contribution in [0.2, 0.25) is 0 Å². The second-order valence-corrected chi connectivity index (χ2v) is 7.29. The maximum absolute atomic E-state index is 13.9. The maximum Gasteiger partial charge on any atom is 0.230 e. The SMILES string of the molecule is CN1CCN([C@@H](c2cc(F)c(F)c(F)c2)c2sc3ncnn3c2O)CC1. The van der Waals surface area contributed by atoms with Crippen LogP contribution >= 0.6 is 11.3 Å². The van der Waals surface area contributed by atoms with Gasteiger partial charge in [0.1, 0.15) is 6.33 Å². The van der Waals surface area contributed by atoms with Crippen molar-refractivity contribution in [2.45, 2.75) is 6.04 Å². The van der Waals surface area contributed by atoms with E-state index in [9.17, 15) is 18.3 Å². The van der Waals surface area contributed by atoms with Crippen molar-refractivity contribution in [1.82, 2.24) is 24.4 Å². The van der Waals surface area contributed by atoms with Crippen molar-refractivity contribution in [1.29, 1.82) is 0 Å². The first kappa shape index (κ1) is 17.3. The van der Waals surface area contributed by atoms with E-state index in [0.29, 0.717) is 22.9 Å². The number of thiazole rings is 1. The van der Waals surface area contributed by atoms with Gasteiger partial charge in [0, 0.05) is 26.2 Å². The molecule has 0 amide bonds. The van der Waals surface area contributed by atoms with E-state index in [1.54, 1.807) is 0 Å². The van der Waals surface area contributed by atoms with Crippen molar-refractivity contribution in [2.24, 2.45) is 0 Å². The number of hydrogen-bond donors (Lipinski definition) is 1. The molecule has 1 fully saturated rings. The molecule has 1 saturated heterocycles. The lowest BCUT2D eigenvalue weighted by molar-refractivity contribution is 0.127. The number of aromatic nitrogens is 3. The monoisotopic (exact) mass is 383 g/mol. The fourth-order valence-corrected chi connectivity index (χ4v) is 4.30. The van der Waals surface area contributed by atoms with Crippen LogP contribution in [0, 0.1) is 17.5 Å². The summed E-state index contributed by atoms with van der Waals surface area (Å²) in [4.78, 5) is 9.15. The Hall–Kier alpha value is -2.17. The molecule has 0 saturated carbocycles. The first-order valence-corrected chi connectivity index (χ1v) is 8.85. The number of likely N-dealkylation sites (N-methyl/N-ethyl adjacent to an activating group) is 1. The zero-order valence-electron chi connectivity index (χ0n) is 13.9. The molecule has 10 heteroatoms. The van der Waals surface area contributed by atoms with Crippen LogP contribution in [0.3, 0.4) is 0 Å². The third kappa shape index (κ3) is 2.83. The molecule has 138 valence electrons. The first-order chi connectivity index (χ1) is 12.5. The third-order valence-corrected chi connectivity index (χ3v) is 5.70. The minimum atomic E-state index is -1.50. The number of benzene rings is 1. The van der Waals surface area contributed by atoms with Gasteiger partial charge in [0.2, 0.25) is 10.8 Å². The fraction of sp³-hybridized carbons (Fsp3) is 0.375. The Morgan fingerprint density at radius 2 is 1.77 bits per heavy atom. The smallest absolute Gasteiger partial charge is 0.230 e. The van der Waals surface area contributed by atoms with Crippen molar-refractivity contribution in [2.75, 3.05) is 33.2 Å². The minimum absolute atomic E-state index is 0.128. The van der Waals surface area contributed by atoms with Crippen LogP contribution in [-0.2, 0) is 0 Å². The summed E-state index contributed by atoms with van der Waals surface area (Å²) in [7, 11) is 1.99. The van der Waals surface area contributed by atoms with Gasteiger partial charge in [-0.25, -0.2) is 18.2 Å². The highest BCUT2D eigenvalue weighted by molar-refractivity contribution is 7.17. The minimum Gasteiger partial charge on any atom is -0.492 e. The summed E-state index contributed by atoms with van der Waals surface area (Å²) in [6.07, 6.45) is 1.32. The van der Waals surface area contributed by atoms with Gasteiger partial charge in [-0.3, -0.25) is 4.90 Å². The number of hydrogen-bond acceptors (Lipinski definition) is 6. The van der Waals surface area contributed by atoms with Crippen LogP contribution in [0.25, 0.3) is 4.96 Å². The fourth-order valence-electron chi connectivity index (χ4n) is 3.21. The first-order valence-electron chi connectivity index (χ1n) is 8.04. The molecule has 4 rings (SSSR count). The van der Waals surface area contributed by atoms with E-state index in [1.165, 1.54) is 22.2 Å². The van der Waals surface area contributed by atoms with Gasteiger partial charge < -0.3 is 10.0 Å². The molecule has 26 heavy (non-hydrogen) atoms. The van der Waals surface area contributed by atoms with Gasteiger partial charge >= 0.3 is 0 Å². The predicted octanol–water partition coefficient (Wildman–Crippen LogP) is 2.25. The Morgan fingerprint density at radius 3 is 2.38 bits per heavy atom. The van der Waals surface area contributed by atoms with E-state index < -0.39 is 23.5 Å². The second-order valence-electron chi connectivity index (χ2n) is 6.28. The molecular formula is C16H16F3N5OS. The Balaban J connectivity index is 1.84. The Labute approximate surface area is 151 Å². The number of piperazine rings is 1. The predicted molar refractivity (Wildman–Crippen MR) is 89.8 cm³/mol. The van der Waals surface area contributed by atoms with Gasteiger partial charge in [-0.05, 0) is 24.7 Å². The van der Waals surface area contributed by atoms with Crippen molar-refractivity contribution in [3.05, 3.63) is 46.4 Å². The second kappa shape index (κ2) is 6.53. The quantitative estimate of drug-likeness (QED) is 0.703. The molecule has 0 bridgehead atoms. The third-order valence-electron chi connectivity index (χ3n) is 4.61. The molecule has 0 radical (unpaired) electrons. The standard InChI is InChI=1S/C16H16F3N5OS/c1-22-2-4-23(5-3-22)13(9-6-10(17)12(19)11(18)7-9)14-15(25)24-16(26-14)20-8-21-24/h6-8,13,25H,2-5H2,1H3/t13-/m0/s1. The Kier molecular flexibility index (Phi) is 4.33. The molecule has 3 heterocycles. The summed E-state index contributed by atoms with van der Waals surface area (Å²) in [5.41, 5.74) is 0.241. The van der Waals surface area contributed by atoms with Crippen LogP contribution in [0.1, 0.15) is 16.5 Å². The normalized spacial score (nSPS) is 17.8. The molecule has 1 atom stereocenters. The molecular weight excluding hydrogens is 367 g/mol. The summed E-state index contributed by atoms with van der Waals surface area (Å²) in [5.74, 6) is -4.13. The molecule has 0 spiro atoms. The van der Waals surface area contributed by atoms with Crippen molar-refractivity contribution in [3.8, 4) is 5.88 Å². The molecule has 6 nitrogen and oxygen atoms in total. The van der Waals surface area contributed by atoms with E-state index in [-0.39, 0.29) is 11.4 Å². The van der Waals surface area contributed by atoms with Crippen LogP contribution < -0.4 is 0 Å². The highest BCUT2D eigenvalue weighted by atomic mass is 32.1. The zero-order valence-corrected chi connectivity index (χ0v) is 14.7. The van der Waals surface area contributed by atoms with Crippen molar-refractivity contribution in [3.63, 3.8) is 0 Å². The summed E-state index contributed by atoms with van der Waals surface area (Å²) >= 11 is 1.19. The molecule has 1 aliphatic heterocycles.